The number of aromatic nitrogens is 3. The predicted molar refractivity (Wildman–Crippen MR) is 120 cm³/mol. The van der Waals surface area contributed by atoms with E-state index in [4.69, 9.17) is 0 Å². The molecule has 1 N–H and O–H groups in total. The molecule has 1 amide bonds. The van der Waals surface area contributed by atoms with E-state index in [9.17, 15) is 14.9 Å². The number of nitro benzene ring substituents is 1. The molecule has 3 heterocycles. The molecule has 0 aliphatic carbocycles. The molecule has 1 fully saturated rings. The van der Waals surface area contributed by atoms with Crippen molar-refractivity contribution in [3.05, 3.63) is 75.7 Å². The van der Waals surface area contributed by atoms with Gasteiger partial charge < -0.3 is 15.1 Å². The quantitative estimate of drug-likeness (QED) is 0.482. The Morgan fingerprint density at radius 3 is 2.38 bits per heavy atom. The van der Waals surface area contributed by atoms with Gasteiger partial charge >= 0.3 is 0 Å². The standard InChI is InChI=1S/C22H23N7O3/c1-15-7-8-23-19(13-15)26-20-14-21(25-16(2)24-20)27-9-11-28(12-10-27)22(30)17-3-5-18(6-4-17)29(31)32/h3-8,13-14H,9-12H2,1-2H3,(H,23,24,25,26). The molecule has 10 heteroatoms. The van der Waals surface area contributed by atoms with Gasteiger partial charge in [-0.1, -0.05) is 0 Å². The molecule has 164 valence electrons. The molecule has 10 nitrogen and oxygen atoms in total. The van der Waals surface area contributed by atoms with E-state index in [2.05, 4.69) is 25.2 Å². The summed E-state index contributed by atoms with van der Waals surface area (Å²) in [5, 5.41) is 14.0. The fraction of sp³-hybridized carbons (Fsp3) is 0.273. The minimum atomic E-state index is -0.477. The van der Waals surface area contributed by atoms with Crippen LogP contribution in [0, 0.1) is 24.0 Å². The Bertz CT molecular complexity index is 1140. The summed E-state index contributed by atoms with van der Waals surface area (Å²) in [6, 6.07) is 11.5. The number of carbonyl (C=O) groups excluding carboxylic acids is 1. The van der Waals surface area contributed by atoms with Crippen LogP contribution in [0.4, 0.5) is 23.1 Å². The van der Waals surface area contributed by atoms with Gasteiger partial charge in [0.25, 0.3) is 11.6 Å². The van der Waals surface area contributed by atoms with Gasteiger partial charge in [-0.3, -0.25) is 14.9 Å². The molecule has 0 atom stereocenters. The van der Waals surface area contributed by atoms with E-state index in [0.717, 1.165) is 11.4 Å². The van der Waals surface area contributed by atoms with Crippen molar-refractivity contribution in [1.29, 1.82) is 0 Å². The molecule has 1 aromatic carbocycles. The number of anilines is 3. The molecule has 3 aromatic rings. The predicted octanol–water partition coefficient (Wildman–Crippen LogP) is 3.10. The SMILES string of the molecule is Cc1ccnc(Nc2cc(N3CCN(C(=O)c4ccc([N+](=O)[O-])cc4)CC3)nc(C)n2)c1. The first kappa shape index (κ1) is 21.2. The molecule has 2 aromatic heterocycles. The lowest BCUT2D eigenvalue weighted by molar-refractivity contribution is -0.384. The first-order chi connectivity index (χ1) is 15.4. The van der Waals surface area contributed by atoms with Crippen molar-refractivity contribution < 1.29 is 9.72 Å². The first-order valence-electron chi connectivity index (χ1n) is 10.2. The van der Waals surface area contributed by atoms with Gasteiger partial charge in [-0.25, -0.2) is 15.0 Å². The van der Waals surface area contributed by atoms with Crippen LogP contribution in [0.1, 0.15) is 21.7 Å². The molecule has 4 rings (SSSR count). The summed E-state index contributed by atoms with van der Waals surface area (Å²) in [5.41, 5.74) is 1.51. The Hall–Kier alpha value is -4.08. The van der Waals surface area contributed by atoms with Crippen LogP contribution < -0.4 is 10.2 Å². The second-order valence-electron chi connectivity index (χ2n) is 7.59. The van der Waals surface area contributed by atoms with Gasteiger partial charge in [0.15, 0.2) is 0 Å². The lowest BCUT2D eigenvalue weighted by Crippen LogP contribution is -2.49. The van der Waals surface area contributed by atoms with Crippen molar-refractivity contribution in [3.8, 4) is 0 Å². The Morgan fingerprint density at radius 1 is 1.00 bits per heavy atom. The number of carbonyl (C=O) groups is 1. The van der Waals surface area contributed by atoms with Crippen LogP contribution in [0.5, 0.6) is 0 Å². The molecule has 1 aliphatic heterocycles. The molecule has 0 unspecified atom stereocenters. The van der Waals surface area contributed by atoms with Crippen molar-refractivity contribution >= 4 is 29.0 Å². The lowest BCUT2D eigenvalue weighted by Gasteiger charge is -2.35. The molecule has 0 spiro atoms. The monoisotopic (exact) mass is 433 g/mol. The van der Waals surface area contributed by atoms with Crippen molar-refractivity contribution in [2.75, 3.05) is 36.4 Å². The zero-order valence-electron chi connectivity index (χ0n) is 17.9. The van der Waals surface area contributed by atoms with Crippen LogP contribution in [0.3, 0.4) is 0 Å². The summed E-state index contributed by atoms with van der Waals surface area (Å²) in [4.78, 5) is 40.3. The van der Waals surface area contributed by atoms with Gasteiger partial charge in [0.2, 0.25) is 0 Å². The summed E-state index contributed by atoms with van der Waals surface area (Å²) in [7, 11) is 0. The van der Waals surface area contributed by atoms with Gasteiger partial charge in [0.1, 0.15) is 23.3 Å². The van der Waals surface area contributed by atoms with Gasteiger partial charge in [0.05, 0.1) is 4.92 Å². The van der Waals surface area contributed by atoms with Crippen LogP contribution in [-0.4, -0.2) is 56.9 Å². The zero-order chi connectivity index (χ0) is 22.7. The maximum absolute atomic E-state index is 12.8. The molecule has 0 bridgehead atoms. The topological polar surface area (TPSA) is 117 Å². The number of hydrogen-bond acceptors (Lipinski definition) is 8. The van der Waals surface area contributed by atoms with E-state index < -0.39 is 4.92 Å². The lowest BCUT2D eigenvalue weighted by atomic mass is 10.1. The number of nitro groups is 1. The molecule has 0 radical (unpaired) electrons. The largest absolute Gasteiger partial charge is 0.353 e. The normalized spacial score (nSPS) is 13.7. The van der Waals surface area contributed by atoms with Crippen LogP contribution in [-0.2, 0) is 0 Å². The highest BCUT2D eigenvalue weighted by Gasteiger charge is 2.24. The number of non-ortho nitro benzene ring substituents is 1. The smallest absolute Gasteiger partial charge is 0.269 e. The number of nitrogens with zero attached hydrogens (tertiary/aromatic N) is 6. The van der Waals surface area contributed by atoms with E-state index in [0.29, 0.717) is 49.2 Å². The zero-order valence-corrected chi connectivity index (χ0v) is 17.9. The summed E-state index contributed by atoms with van der Waals surface area (Å²) in [6.07, 6.45) is 1.74. The third kappa shape index (κ3) is 4.80. The molecule has 1 aliphatic rings. The first-order valence-corrected chi connectivity index (χ1v) is 10.2. The van der Waals surface area contributed by atoms with E-state index in [-0.39, 0.29) is 11.6 Å². The van der Waals surface area contributed by atoms with Crippen LogP contribution >= 0.6 is 0 Å². The maximum Gasteiger partial charge on any atom is 0.269 e. The second kappa shape index (κ2) is 8.96. The third-order valence-electron chi connectivity index (χ3n) is 5.21. The van der Waals surface area contributed by atoms with E-state index >= 15 is 0 Å². The number of pyridine rings is 1. The number of benzene rings is 1. The number of hydrogen-bond donors (Lipinski definition) is 1. The molecular formula is C22H23N7O3. The van der Waals surface area contributed by atoms with Crippen molar-refractivity contribution in [2.45, 2.75) is 13.8 Å². The molecular weight excluding hydrogens is 410 g/mol. The Kier molecular flexibility index (Phi) is 5.93. The van der Waals surface area contributed by atoms with E-state index in [1.807, 2.05) is 32.0 Å². The highest BCUT2D eigenvalue weighted by Crippen LogP contribution is 2.21. The number of amides is 1. The third-order valence-corrected chi connectivity index (χ3v) is 5.21. The van der Waals surface area contributed by atoms with Gasteiger partial charge in [-0.2, -0.15) is 0 Å². The number of rotatable bonds is 5. The average molecular weight is 433 g/mol. The van der Waals surface area contributed by atoms with Gasteiger partial charge in [0, 0.05) is 56.1 Å². The van der Waals surface area contributed by atoms with Crippen molar-refractivity contribution in [3.63, 3.8) is 0 Å². The highest BCUT2D eigenvalue weighted by molar-refractivity contribution is 5.94. The Balaban J connectivity index is 1.42. The summed E-state index contributed by atoms with van der Waals surface area (Å²) >= 11 is 0. The highest BCUT2D eigenvalue weighted by atomic mass is 16.6. The van der Waals surface area contributed by atoms with Crippen LogP contribution in [0.15, 0.2) is 48.7 Å². The fourth-order valence-electron chi connectivity index (χ4n) is 3.56. The van der Waals surface area contributed by atoms with Crippen molar-refractivity contribution in [2.24, 2.45) is 0 Å². The summed E-state index contributed by atoms with van der Waals surface area (Å²) in [6.45, 7) is 6.14. The molecule has 1 saturated heterocycles. The van der Waals surface area contributed by atoms with Crippen LogP contribution in [0.2, 0.25) is 0 Å². The summed E-state index contributed by atoms with van der Waals surface area (Å²) in [5.74, 6) is 2.67. The van der Waals surface area contributed by atoms with Crippen LogP contribution in [0.25, 0.3) is 0 Å². The second-order valence-corrected chi connectivity index (χ2v) is 7.59. The van der Waals surface area contributed by atoms with Crippen molar-refractivity contribution in [1.82, 2.24) is 19.9 Å². The van der Waals surface area contributed by atoms with E-state index in [1.165, 1.54) is 24.3 Å². The number of piperazine rings is 1. The fourth-order valence-corrected chi connectivity index (χ4v) is 3.56. The maximum atomic E-state index is 12.8. The average Bonchev–Trinajstić information content (AvgIpc) is 2.78. The minimum Gasteiger partial charge on any atom is -0.353 e. The Labute approximate surface area is 185 Å². The minimum absolute atomic E-state index is 0.0317. The number of nitrogens with one attached hydrogen (secondary N) is 1. The van der Waals surface area contributed by atoms with E-state index in [1.54, 1.807) is 11.1 Å². The summed E-state index contributed by atoms with van der Waals surface area (Å²) < 4.78 is 0. The molecule has 32 heavy (non-hydrogen) atoms. The van der Waals surface area contributed by atoms with Gasteiger partial charge in [-0.15, -0.1) is 0 Å². The van der Waals surface area contributed by atoms with Gasteiger partial charge in [-0.05, 0) is 43.7 Å². The molecule has 0 saturated carbocycles. The Morgan fingerprint density at radius 2 is 1.72 bits per heavy atom. The number of aryl methyl sites for hydroxylation is 2.